The Morgan fingerprint density at radius 1 is 1.13 bits per heavy atom. The van der Waals surface area contributed by atoms with Gasteiger partial charge in [-0.15, -0.1) is 11.3 Å². The molecule has 0 saturated carbocycles. The standard InChI is InChI=1S/C21H17N3O5S/c1-27-18-9-13(10-19(28-2)20(18)29-3)8-15(11-22)21-23-17(12-30-21)14-4-6-16(7-5-14)24(25)26/h4-10,12H,1-3H3/b15-8-. The van der Waals surface area contributed by atoms with Crippen LogP contribution in [0.15, 0.2) is 41.8 Å². The zero-order valence-corrected chi connectivity index (χ0v) is 17.2. The van der Waals surface area contributed by atoms with Crippen LogP contribution in [0, 0.1) is 21.4 Å². The van der Waals surface area contributed by atoms with Gasteiger partial charge in [0.1, 0.15) is 11.1 Å². The van der Waals surface area contributed by atoms with Crippen molar-refractivity contribution in [1.29, 1.82) is 5.26 Å². The second-order valence-corrected chi connectivity index (χ2v) is 6.83. The molecule has 2 aromatic carbocycles. The molecular formula is C21H17N3O5S. The summed E-state index contributed by atoms with van der Waals surface area (Å²) in [7, 11) is 4.56. The fraction of sp³-hybridized carbons (Fsp3) is 0.143. The molecule has 0 aliphatic carbocycles. The predicted molar refractivity (Wildman–Crippen MR) is 114 cm³/mol. The zero-order valence-electron chi connectivity index (χ0n) is 16.4. The van der Waals surface area contributed by atoms with E-state index in [2.05, 4.69) is 11.1 Å². The topological polar surface area (TPSA) is 108 Å². The fourth-order valence-electron chi connectivity index (χ4n) is 2.78. The Hall–Kier alpha value is -3.90. The third kappa shape index (κ3) is 4.24. The first-order chi connectivity index (χ1) is 14.5. The van der Waals surface area contributed by atoms with Crippen molar-refractivity contribution >= 4 is 28.7 Å². The third-order valence-electron chi connectivity index (χ3n) is 4.23. The molecule has 0 spiro atoms. The van der Waals surface area contributed by atoms with E-state index in [4.69, 9.17) is 14.2 Å². The van der Waals surface area contributed by atoms with Gasteiger partial charge in [0, 0.05) is 23.1 Å². The lowest BCUT2D eigenvalue weighted by Gasteiger charge is -2.13. The van der Waals surface area contributed by atoms with E-state index < -0.39 is 4.92 Å². The zero-order chi connectivity index (χ0) is 21.7. The van der Waals surface area contributed by atoms with Crippen LogP contribution in [0.1, 0.15) is 10.6 Å². The number of ether oxygens (including phenoxy) is 3. The summed E-state index contributed by atoms with van der Waals surface area (Å²) in [5.41, 5.74) is 2.42. The molecule has 0 unspecified atom stereocenters. The van der Waals surface area contributed by atoms with Gasteiger partial charge < -0.3 is 14.2 Å². The number of hydrogen-bond donors (Lipinski definition) is 0. The number of aromatic nitrogens is 1. The van der Waals surface area contributed by atoms with Crippen LogP contribution in [0.5, 0.6) is 17.2 Å². The van der Waals surface area contributed by atoms with Crippen molar-refractivity contribution in [2.45, 2.75) is 0 Å². The van der Waals surface area contributed by atoms with Crippen molar-refractivity contribution < 1.29 is 19.1 Å². The molecule has 0 aliphatic rings. The van der Waals surface area contributed by atoms with E-state index in [1.54, 1.807) is 35.7 Å². The lowest BCUT2D eigenvalue weighted by atomic mass is 10.1. The molecule has 0 aliphatic heterocycles. The first-order valence-electron chi connectivity index (χ1n) is 8.63. The predicted octanol–water partition coefficient (Wildman–Crippen LogP) is 4.81. The van der Waals surface area contributed by atoms with Gasteiger partial charge in [0.25, 0.3) is 5.69 Å². The molecular weight excluding hydrogens is 406 g/mol. The number of rotatable bonds is 7. The van der Waals surface area contributed by atoms with Crippen molar-refractivity contribution in [3.05, 3.63) is 62.5 Å². The minimum absolute atomic E-state index is 0.00853. The van der Waals surface area contributed by atoms with E-state index in [0.717, 1.165) is 5.56 Å². The Bertz CT molecular complexity index is 1120. The molecule has 8 nitrogen and oxygen atoms in total. The highest BCUT2D eigenvalue weighted by molar-refractivity contribution is 7.11. The number of nitro benzene ring substituents is 1. The van der Waals surface area contributed by atoms with E-state index in [1.165, 1.54) is 44.8 Å². The van der Waals surface area contributed by atoms with E-state index in [1.807, 2.05) is 0 Å². The van der Waals surface area contributed by atoms with E-state index >= 15 is 0 Å². The van der Waals surface area contributed by atoms with Gasteiger partial charge in [-0.25, -0.2) is 4.98 Å². The maximum atomic E-state index is 10.8. The summed E-state index contributed by atoms with van der Waals surface area (Å²) < 4.78 is 16.0. The second kappa shape index (κ2) is 9.07. The molecule has 3 aromatic rings. The summed E-state index contributed by atoms with van der Waals surface area (Å²) in [6.07, 6.45) is 1.68. The maximum Gasteiger partial charge on any atom is 0.269 e. The molecule has 0 saturated heterocycles. The van der Waals surface area contributed by atoms with Crippen molar-refractivity contribution in [3.8, 4) is 34.6 Å². The first-order valence-corrected chi connectivity index (χ1v) is 9.51. The fourth-order valence-corrected chi connectivity index (χ4v) is 3.57. The number of non-ortho nitro benzene ring substituents is 1. The quantitative estimate of drug-likeness (QED) is 0.305. The number of nitriles is 1. The number of nitro groups is 1. The van der Waals surface area contributed by atoms with Gasteiger partial charge in [-0.1, -0.05) is 0 Å². The highest BCUT2D eigenvalue weighted by Gasteiger charge is 2.15. The minimum atomic E-state index is -0.454. The van der Waals surface area contributed by atoms with Crippen LogP contribution in [0.4, 0.5) is 5.69 Å². The van der Waals surface area contributed by atoms with Gasteiger partial charge in [0.15, 0.2) is 11.5 Å². The largest absolute Gasteiger partial charge is 0.493 e. The lowest BCUT2D eigenvalue weighted by Crippen LogP contribution is -1.95. The van der Waals surface area contributed by atoms with Gasteiger partial charge in [0.2, 0.25) is 5.75 Å². The summed E-state index contributed by atoms with van der Waals surface area (Å²) in [5, 5.41) is 22.8. The van der Waals surface area contributed by atoms with Gasteiger partial charge in [-0.3, -0.25) is 10.1 Å². The summed E-state index contributed by atoms with van der Waals surface area (Å²) in [6.45, 7) is 0. The molecule has 0 radical (unpaired) electrons. The molecule has 0 N–H and O–H groups in total. The number of thiazole rings is 1. The van der Waals surface area contributed by atoms with E-state index in [0.29, 0.717) is 39.1 Å². The van der Waals surface area contributed by atoms with Crippen LogP contribution in [0.3, 0.4) is 0 Å². The van der Waals surface area contributed by atoms with E-state index in [-0.39, 0.29) is 5.69 Å². The summed E-state index contributed by atoms with van der Waals surface area (Å²) in [6, 6.07) is 11.8. The van der Waals surface area contributed by atoms with Crippen molar-refractivity contribution in [3.63, 3.8) is 0 Å². The number of methoxy groups -OCH3 is 3. The SMILES string of the molecule is COc1cc(/C=C(/C#N)c2nc(-c3ccc([N+](=O)[O-])cc3)cs2)cc(OC)c1OC. The van der Waals surface area contributed by atoms with Crippen molar-refractivity contribution in [2.24, 2.45) is 0 Å². The highest BCUT2D eigenvalue weighted by atomic mass is 32.1. The average molecular weight is 423 g/mol. The van der Waals surface area contributed by atoms with Crippen LogP contribution in [-0.4, -0.2) is 31.2 Å². The molecule has 152 valence electrons. The molecule has 30 heavy (non-hydrogen) atoms. The third-order valence-corrected chi connectivity index (χ3v) is 5.10. The lowest BCUT2D eigenvalue weighted by molar-refractivity contribution is -0.384. The normalized spacial score (nSPS) is 10.9. The first kappa shape index (κ1) is 20.8. The molecule has 1 aromatic heterocycles. The minimum Gasteiger partial charge on any atom is -0.493 e. The van der Waals surface area contributed by atoms with Gasteiger partial charge in [-0.05, 0) is 35.9 Å². The molecule has 1 heterocycles. The van der Waals surface area contributed by atoms with Crippen LogP contribution < -0.4 is 14.2 Å². The Kier molecular flexibility index (Phi) is 6.29. The monoisotopic (exact) mass is 423 g/mol. The van der Waals surface area contributed by atoms with Crippen molar-refractivity contribution in [1.82, 2.24) is 4.98 Å². The summed E-state index contributed by atoms with van der Waals surface area (Å²) in [4.78, 5) is 14.9. The molecule has 0 amide bonds. The number of nitrogens with zero attached hydrogens (tertiary/aromatic N) is 3. The Morgan fingerprint density at radius 3 is 2.27 bits per heavy atom. The van der Waals surface area contributed by atoms with Gasteiger partial charge >= 0.3 is 0 Å². The Labute approximate surface area is 176 Å². The van der Waals surface area contributed by atoms with Crippen LogP contribution in [0.25, 0.3) is 22.9 Å². The van der Waals surface area contributed by atoms with Crippen LogP contribution >= 0.6 is 11.3 Å². The molecule has 0 bridgehead atoms. The molecule has 0 fully saturated rings. The van der Waals surface area contributed by atoms with Crippen molar-refractivity contribution in [2.75, 3.05) is 21.3 Å². The average Bonchev–Trinajstić information content (AvgIpc) is 3.26. The molecule has 0 atom stereocenters. The summed E-state index contributed by atoms with van der Waals surface area (Å²) in [5.74, 6) is 1.42. The second-order valence-electron chi connectivity index (χ2n) is 5.97. The molecule has 9 heteroatoms. The number of benzene rings is 2. The van der Waals surface area contributed by atoms with Gasteiger partial charge in [0.05, 0.1) is 37.5 Å². The Balaban J connectivity index is 1.96. The van der Waals surface area contributed by atoms with Gasteiger partial charge in [-0.2, -0.15) is 5.26 Å². The number of allylic oxidation sites excluding steroid dienone is 1. The maximum absolute atomic E-state index is 10.8. The highest BCUT2D eigenvalue weighted by Crippen LogP contribution is 2.39. The summed E-state index contributed by atoms with van der Waals surface area (Å²) >= 11 is 1.31. The number of hydrogen-bond acceptors (Lipinski definition) is 8. The van der Waals surface area contributed by atoms with Crippen LogP contribution in [0.2, 0.25) is 0 Å². The van der Waals surface area contributed by atoms with E-state index in [9.17, 15) is 15.4 Å². The smallest absolute Gasteiger partial charge is 0.269 e. The van der Waals surface area contributed by atoms with Crippen LogP contribution in [-0.2, 0) is 0 Å². The molecule has 3 rings (SSSR count). The Morgan fingerprint density at radius 2 is 1.77 bits per heavy atom.